The zero-order valence-corrected chi connectivity index (χ0v) is 12.3. The highest BCUT2D eigenvalue weighted by molar-refractivity contribution is 5.26. The number of aliphatic hydroxyl groups excluding tert-OH is 1. The lowest BCUT2D eigenvalue weighted by molar-refractivity contribution is 0.158. The lowest BCUT2D eigenvalue weighted by atomic mass is 10.00. The number of aryl methyl sites for hydroxylation is 1. The Bertz CT molecular complexity index is 362. The summed E-state index contributed by atoms with van der Waals surface area (Å²) < 4.78 is 13.8. The Morgan fingerprint density at radius 3 is 2.37 bits per heavy atom. The predicted molar refractivity (Wildman–Crippen MR) is 78.7 cm³/mol. The molecule has 1 rings (SSSR count). The molecular weight excluding hydrogens is 239 g/mol. The number of benzene rings is 1. The topological polar surface area (TPSA) is 20.2 Å². The third kappa shape index (κ3) is 5.73. The summed E-state index contributed by atoms with van der Waals surface area (Å²) in [5.74, 6) is -0.252. The standard InChI is InChI=1S/C17H27FO/c1-3-4-5-6-7-8-9-13-16(19)15-12-10-11-14(2)17(15)18/h10-12,16,19H,3-9,13H2,1-2H3. The molecule has 0 radical (unpaired) electrons. The van der Waals surface area contributed by atoms with Gasteiger partial charge in [-0.1, -0.05) is 70.1 Å². The van der Waals surface area contributed by atoms with Gasteiger partial charge in [0.2, 0.25) is 0 Å². The molecule has 1 unspecified atom stereocenters. The number of rotatable bonds is 9. The molecule has 1 atom stereocenters. The molecule has 0 heterocycles. The third-order valence-corrected chi connectivity index (χ3v) is 3.66. The maximum Gasteiger partial charge on any atom is 0.131 e. The van der Waals surface area contributed by atoms with E-state index in [4.69, 9.17) is 0 Å². The van der Waals surface area contributed by atoms with Crippen molar-refractivity contribution in [1.82, 2.24) is 0 Å². The molecule has 1 aromatic carbocycles. The first kappa shape index (κ1) is 16.2. The molecule has 0 bridgehead atoms. The molecule has 0 spiro atoms. The van der Waals surface area contributed by atoms with E-state index in [1.165, 1.54) is 32.1 Å². The minimum absolute atomic E-state index is 0.252. The quantitative estimate of drug-likeness (QED) is 0.601. The van der Waals surface area contributed by atoms with Crippen LogP contribution in [0.5, 0.6) is 0 Å². The van der Waals surface area contributed by atoms with Gasteiger partial charge < -0.3 is 5.11 Å². The Labute approximate surface area is 116 Å². The zero-order chi connectivity index (χ0) is 14.1. The maximum absolute atomic E-state index is 13.8. The normalized spacial score (nSPS) is 12.6. The average molecular weight is 266 g/mol. The smallest absolute Gasteiger partial charge is 0.131 e. The van der Waals surface area contributed by atoms with Gasteiger partial charge in [0.15, 0.2) is 0 Å². The Morgan fingerprint density at radius 1 is 1.05 bits per heavy atom. The molecular formula is C17H27FO. The molecule has 0 saturated carbocycles. The Hall–Kier alpha value is -0.890. The highest BCUT2D eigenvalue weighted by Gasteiger charge is 2.13. The van der Waals surface area contributed by atoms with Gasteiger partial charge in [-0.3, -0.25) is 0 Å². The van der Waals surface area contributed by atoms with Crippen molar-refractivity contribution >= 4 is 0 Å². The van der Waals surface area contributed by atoms with Crippen LogP contribution in [0.15, 0.2) is 18.2 Å². The third-order valence-electron chi connectivity index (χ3n) is 3.66. The van der Waals surface area contributed by atoms with Gasteiger partial charge in [0.1, 0.15) is 5.82 Å². The Kier molecular flexibility index (Phi) is 7.73. The number of hydrogen-bond donors (Lipinski definition) is 1. The van der Waals surface area contributed by atoms with Crippen molar-refractivity contribution in [2.45, 2.75) is 71.3 Å². The number of unbranched alkanes of at least 4 members (excludes halogenated alkanes) is 6. The first-order chi connectivity index (χ1) is 9.16. The summed E-state index contributed by atoms with van der Waals surface area (Å²) in [6.07, 6.45) is 8.51. The van der Waals surface area contributed by atoms with Crippen molar-refractivity contribution in [3.8, 4) is 0 Å². The summed E-state index contributed by atoms with van der Waals surface area (Å²) >= 11 is 0. The van der Waals surface area contributed by atoms with E-state index in [2.05, 4.69) is 6.92 Å². The van der Waals surface area contributed by atoms with Gasteiger partial charge in [0.25, 0.3) is 0 Å². The van der Waals surface area contributed by atoms with Gasteiger partial charge in [0.05, 0.1) is 6.10 Å². The van der Waals surface area contributed by atoms with E-state index in [0.717, 1.165) is 12.8 Å². The lowest BCUT2D eigenvalue weighted by Gasteiger charge is -2.13. The van der Waals surface area contributed by atoms with Gasteiger partial charge in [-0.2, -0.15) is 0 Å². The average Bonchev–Trinajstić information content (AvgIpc) is 2.40. The van der Waals surface area contributed by atoms with Gasteiger partial charge in [-0.15, -0.1) is 0 Å². The van der Waals surface area contributed by atoms with Crippen molar-refractivity contribution < 1.29 is 9.50 Å². The number of hydrogen-bond acceptors (Lipinski definition) is 1. The zero-order valence-electron chi connectivity index (χ0n) is 12.3. The highest BCUT2D eigenvalue weighted by Crippen LogP contribution is 2.24. The van der Waals surface area contributed by atoms with E-state index in [9.17, 15) is 9.50 Å². The summed E-state index contributed by atoms with van der Waals surface area (Å²) in [5, 5.41) is 10.0. The van der Waals surface area contributed by atoms with Crippen LogP contribution in [0.3, 0.4) is 0 Å². The molecule has 0 saturated heterocycles. The number of aliphatic hydroxyl groups is 1. The molecule has 19 heavy (non-hydrogen) atoms. The summed E-state index contributed by atoms with van der Waals surface area (Å²) in [7, 11) is 0. The van der Waals surface area contributed by atoms with E-state index >= 15 is 0 Å². The van der Waals surface area contributed by atoms with Crippen molar-refractivity contribution in [2.75, 3.05) is 0 Å². The fourth-order valence-corrected chi connectivity index (χ4v) is 2.38. The molecule has 0 aliphatic heterocycles. The van der Waals surface area contributed by atoms with Gasteiger partial charge in [0, 0.05) is 5.56 Å². The van der Waals surface area contributed by atoms with Crippen LogP contribution in [0.25, 0.3) is 0 Å². The second-order valence-corrected chi connectivity index (χ2v) is 5.40. The van der Waals surface area contributed by atoms with Crippen LogP contribution in [0.1, 0.15) is 75.5 Å². The molecule has 0 amide bonds. The first-order valence-electron chi connectivity index (χ1n) is 7.60. The highest BCUT2D eigenvalue weighted by atomic mass is 19.1. The molecule has 1 nitrogen and oxygen atoms in total. The molecule has 1 aromatic rings. The minimum Gasteiger partial charge on any atom is -0.388 e. The van der Waals surface area contributed by atoms with Crippen LogP contribution in [-0.2, 0) is 0 Å². The molecule has 0 aliphatic rings. The molecule has 0 aliphatic carbocycles. The largest absolute Gasteiger partial charge is 0.388 e. The van der Waals surface area contributed by atoms with Crippen molar-refractivity contribution in [3.05, 3.63) is 35.1 Å². The fraction of sp³-hybridized carbons (Fsp3) is 0.647. The summed E-state index contributed by atoms with van der Waals surface area (Å²) in [5.41, 5.74) is 1.06. The summed E-state index contributed by atoms with van der Waals surface area (Å²) in [6.45, 7) is 3.95. The second-order valence-electron chi connectivity index (χ2n) is 5.40. The monoisotopic (exact) mass is 266 g/mol. The van der Waals surface area contributed by atoms with Gasteiger partial charge in [-0.05, 0) is 18.9 Å². The summed E-state index contributed by atoms with van der Waals surface area (Å²) in [6, 6.07) is 5.23. The number of halogens is 1. The van der Waals surface area contributed by atoms with Crippen LogP contribution in [0, 0.1) is 12.7 Å². The first-order valence-corrected chi connectivity index (χ1v) is 7.60. The maximum atomic E-state index is 13.8. The van der Waals surface area contributed by atoms with Crippen LogP contribution in [-0.4, -0.2) is 5.11 Å². The molecule has 0 fully saturated rings. The SMILES string of the molecule is CCCCCCCCCC(O)c1cccc(C)c1F. The molecule has 2 heteroatoms. The van der Waals surface area contributed by atoms with Crippen molar-refractivity contribution in [3.63, 3.8) is 0 Å². The van der Waals surface area contributed by atoms with E-state index in [0.29, 0.717) is 17.5 Å². The fourth-order valence-electron chi connectivity index (χ4n) is 2.38. The summed E-state index contributed by atoms with van der Waals surface area (Å²) in [4.78, 5) is 0. The van der Waals surface area contributed by atoms with E-state index in [-0.39, 0.29) is 5.82 Å². The van der Waals surface area contributed by atoms with Crippen molar-refractivity contribution in [2.24, 2.45) is 0 Å². The second kappa shape index (κ2) is 9.08. The van der Waals surface area contributed by atoms with E-state index in [1.54, 1.807) is 19.1 Å². The molecule has 1 N–H and O–H groups in total. The van der Waals surface area contributed by atoms with E-state index < -0.39 is 6.10 Å². The molecule has 0 aromatic heterocycles. The van der Waals surface area contributed by atoms with E-state index in [1.807, 2.05) is 6.07 Å². The van der Waals surface area contributed by atoms with Gasteiger partial charge >= 0.3 is 0 Å². The Balaban J connectivity index is 2.24. The van der Waals surface area contributed by atoms with Crippen LogP contribution >= 0.6 is 0 Å². The lowest BCUT2D eigenvalue weighted by Crippen LogP contribution is -2.02. The van der Waals surface area contributed by atoms with Crippen LogP contribution in [0.4, 0.5) is 4.39 Å². The van der Waals surface area contributed by atoms with Crippen LogP contribution < -0.4 is 0 Å². The Morgan fingerprint density at radius 2 is 1.68 bits per heavy atom. The molecule has 108 valence electrons. The van der Waals surface area contributed by atoms with Gasteiger partial charge in [-0.25, -0.2) is 4.39 Å². The minimum atomic E-state index is -0.657. The van der Waals surface area contributed by atoms with Crippen LogP contribution in [0.2, 0.25) is 0 Å². The predicted octanol–water partition coefficient (Wildman–Crippen LogP) is 5.31. The van der Waals surface area contributed by atoms with Crippen molar-refractivity contribution in [1.29, 1.82) is 0 Å².